The van der Waals surface area contributed by atoms with E-state index < -0.39 is 0 Å². The highest BCUT2D eigenvalue weighted by molar-refractivity contribution is 5.69. The lowest BCUT2D eigenvalue weighted by molar-refractivity contribution is -0.144. The molecular weight excluding hydrogens is 376 g/mol. The molecule has 0 bridgehead atoms. The highest BCUT2D eigenvalue weighted by Gasteiger charge is 2.04. The zero-order chi connectivity index (χ0) is 22.1. The summed E-state index contributed by atoms with van der Waals surface area (Å²) in [4.78, 5) is 23.2. The van der Waals surface area contributed by atoms with Gasteiger partial charge in [-0.2, -0.15) is 0 Å². The van der Waals surface area contributed by atoms with Gasteiger partial charge < -0.3 is 9.47 Å². The van der Waals surface area contributed by atoms with Crippen molar-refractivity contribution in [1.29, 1.82) is 0 Å². The van der Waals surface area contributed by atoms with Gasteiger partial charge in [0.15, 0.2) is 0 Å². The van der Waals surface area contributed by atoms with E-state index in [0.717, 1.165) is 77.0 Å². The lowest BCUT2D eigenvalue weighted by Gasteiger charge is -2.05. The van der Waals surface area contributed by atoms with Gasteiger partial charge in [-0.25, -0.2) is 0 Å². The molecule has 0 saturated heterocycles. The average Bonchev–Trinajstić information content (AvgIpc) is 2.74. The SMILES string of the molecule is CCC#CCCCCCCCCOC(=O)CCCCCCCCC(=O)OCCCC. The van der Waals surface area contributed by atoms with Crippen molar-refractivity contribution in [2.24, 2.45) is 0 Å². The number of esters is 2. The number of unbranched alkanes of at least 4 members (excludes halogenated alkanes) is 12. The van der Waals surface area contributed by atoms with E-state index >= 15 is 0 Å². The molecule has 0 amide bonds. The van der Waals surface area contributed by atoms with Crippen LogP contribution < -0.4 is 0 Å². The van der Waals surface area contributed by atoms with E-state index in [-0.39, 0.29) is 11.9 Å². The van der Waals surface area contributed by atoms with Gasteiger partial charge in [-0.05, 0) is 32.1 Å². The smallest absolute Gasteiger partial charge is 0.305 e. The Morgan fingerprint density at radius 1 is 0.567 bits per heavy atom. The summed E-state index contributed by atoms with van der Waals surface area (Å²) in [5, 5.41) is 0. The zero-order valence-corrected chi connectivity index (χ0v) is 19.8. The van der Waals surface area contributed by atoms with E-state index in [1.54, 1.807) is 0 Å². The van der Waals surface area contributed by atoms with Crippen molar-refractivity contribution in [3.8, 4) is 11.8 Å². The molecule has 0 rings (SSSR count). The van der Waals surface area contributed by atoms with Crippen molar-refractivity contribution in [3.05, 3.63) is 0 Å². The molecule has 4 nitrogen and oxygen atoms in total. The summed E-state index contributed by atoms with van der Waals surface area (Å²) < 4.78 is 10.5. The lowest BCUT2D eigenvalue weighted by Crippen LogP contribution is -2.05. The number of ether oxygens (including phenoxy) is 2. The largest absolute Gasteiger partial charge is 0.466 e. The summed E-state index contributed by atoms with van der Waals surface area (Å²) in [7, 11) is 0. The van der Waals surface area contributed by atoms with Crippen LogP contribution in [-0.2, 0) is 19.1 Å². The molecule has 4 heteroatoms. The van der Waals surface area contributed by atoms with Crippen LogP contribution in [0.3, 0.4) is 0 Å². The van der Waals surface area contributed by atoms with Gasteiger partial charge in [0.25, 0.3) is 0 Å². The topological polar surface area (TPSA) is 52.6 Å². The molecule has 0 aliphatic rings. The van der Waals surface area contributed by atoms with E-state index in [2.05, 4.69) is 25.7 Å². The number of carbonyl (C=O) groups excluding carboxylic acids is 2. The first-order valence-electron chi connectivity index (χ1n) is 12.5. The Kier molecular flexibility index (Phi) is 22.6. The van der Waals surface area contributed by atoms with Crippen LogP contribution in [0.1, 0.15) is 129 Å². The van der Waals surface area contributed by atoms with Gasteiger partial charge in [-0.1, -0.05) is 71.6 Å². The molecule has 0 aromatic rings. The van der Waals surface area contributed by atoms with E-state index in [1.165, 1.54) is 25.7 Å². The second-order valence-electron chi connectivity index (χ2n) is 7.99. The second kappa shape index (κ2) is 23.8. The number of hydrogen-bond acceptors (Lipinski definition) is 4. The van der Waals surface area contributed by atoms with E-state index in [1.807, 2.05) is 0 Å². The summed E-state index contributed by atoms with van der Waals surface area (Å²) in [5.41, 5.74) is 0. The minimum atomic E-state index is -0.0662. The molecule has 0 aromatic carbocycles. The summed E-state index contributed by atoms with van der Waals surface area (Å²) >= 11 is 0. The molecule has 0 heterocycles. The Hall–Kier alpha value is -1.50. The van der Waals surface area contributed by atoms with Gasteiger partial charge in [0.2, 0.25) is 0 Å². The van der Waals surface area contributed by atoms with Crippen LogP contribution in [0.4, 0.5) is 0 Å². The number of rotatable bonds is 20. The van der Waals surface area contributed by atoms with Crippen molar-refractivity contribution in [2.75, 3.05) is 13.2 Å². The van der Waals surface area contributed by atoms with Gasteiger partial charge in [0, 0.05) is 25.7 Å². The molecule has 0 radical (unpaired) electrons. The van der Waals surface area contributed by atoms with Crippen LogP contribution in [0.25, 0.3) is 0 Å². The molecule has 0 N–H and O–H groups in total. The molecule has 30 heavy (non-hydrogen) atoms. The van der Waals surface area contributed by atoms with Gasteiger partial charge in [0.1, 0.15) is 0 Å². The third kappa shape index (κ3) is 22.8. The van der Waals surface area contributed by atoms with Crippen LogP contribution in [-0.4, -0.2) is 25.2 Å². The molecule has 0 aliphatic heterocycles. The molecule has 0 spiro atoms. The van der Waals surface area contributed by atoms with E-state index in [0.29, 0.717) is 26.1 Å². The van der Waals surface area contributed by atoms with Gasteiger partial charge >= 0.3 is 11.9 Å². The maximum absolute atomic E-state index is 11.7. The summed E-state index contributed by atoms with van der Waals surface area (Å²) in [6.45, 7) is 5.29. The maximum atomic E-state index is 11.7. The summed E-state index contributed by atoms with van der Waals surface area (Å²) in [5.74, 6) is 6.16. The molecule has 0 fully saturated rings. The van der Waals surface area contributed by atoms with Crippen molar-refractivity contribution in [2.45, 2.75) is 129 Å². The first kappa shape index (κ1) is 28.5. The Morgan fingerprint density at radius 2 is 1.03 bits per heavy atom. The van der Waals surface area contributed by atoms with Crippen molar-refractivity contribution in [3.63, 3.8) is 0 Å². The fourth-order valence-electron chi connectivity index (χ4n) is 3.14. The van der Waals surface area contributed by atoms with Gasteiger partial charge in [0.05, 0.1) is 13.2 Å². The second-order valence-corrected chi connectivity index (χ2v) is 7.99. The van der Waals surface area contributed by atoms with Gasteiger partial charge in [-0.3, -0.25) is 9.59 Å². The monoisotopic (exact) mass is 422 g/mol. The fraction of sp³-hybridized carbons (Fsp3) is 0.846. The maximum Gasteiger partial charge on any atom is 0.305 e. The number of hydrogen-bond donors (Lipinski definition) is 0. The number of carbonyl (C=O) groups is 2. The quantitative estimate of drug-likeness (QED) is 0.119. The molecule has 0 unspecified atom stereocenters. The average molecular weight is 423 g/mol. The molecule has 0 saturated carbocycles. The standard InChI is InChI=1S/C26H46O4/c1-3-5-7-8-9-10-11-14-17-20-24-30-26(28)22-19-16-13-12-15-18-21-25(27)29-23-6-4-2/h3-4,6,8-24H2,1-2H3. The molecule has 174 valence electrons. The summed E-state index contributed by atoms with van der Waals surface area (Å²) in [6.07, 6.45) is 18.2. The molecule has 0 atom stereocenters. The first-order valence-corrected chi connectivity index (χ1v) is 12.5. The van der Waals surface area contributed by atoms with Crippen LogP contribution in [0.15, 0.2) is 0 Å². The Bertz CT molecular complexity index is 461. The zero-order valence-electron chi connectivity index (χ0n) is 19.8. The molecular formula is C26H46O4. The van der Waals surface area contributed by atoms with Crippen LogP contribution >= 0.6 is 0 Å². The third-order valence-corrected chi connectivity index (χ3v) is 5.03. The van der Waals surface area contributed by atoms with Gasteiger partial charge in [-0.15, -0.1) is 11.8 Å². The predicted molar refractivity (Wildman–Crippen MR) is 124 cm³/mol. The summed E-state index contributed by atoms with van der Waals surface area (Å²) in [6, 6.07) is 0. The van der Waals surface area contributed by atoms with E-state index in [9.17, 15) is 9.59 Å². The fourth-order valence-corrected chi connectivity index (χ4v) is 3.14. The minimum Gasteiger partial charge on any atom is -0.466 e. The molecule has 0 aliphatic carbocycles. The Labute approximate surface area is 185 Å². The Balaban J connectivity index is 3.26. The first-order chi connectivity index (χ1) is 14.7. The molecule has 0 aromatic heterocycles. The van der Waals surface area contributed by atoms with Crippen LogP contribution in [0.5, 0.6) is 0 Å². The lowest BCUT2D eigenvalue weighted by atomic mass is 10.1. The Morgan fingerprint density at radius 3 is 1.57 bits per heavy atom. The third-order valence-electron chi connectivity index (χ3n) is 5.03. The van der Waals surface area contributed by atoms with Crippen molar-refractivity contribution in [1.82, 2.24) is 0 Å². The minimum absolute atomic E-state index is 0.0562. The normalized spacial score (nSPS) is 10.3. The van der Waals surface area contributed by atoms with Crippen LogP contribution in [0.2, 0.25) is 0 Å². The van der Waals surface area contributed by atoms with Crippen molar-refractivity contribution >= 4 is 11.9 Å². The highest BCUT2D eigenvalue weighted by atomic mass is 16.5. The van der Waals surface area contributed by atoms with Crippen LogP contribution in [0, 0.1) is 11.8 Å². The predicted octanol–water partition coefficient (Wildman–Crippen LogP) is 7.14. The highest BCUT2D eigenvalue weighted by Crippen LogP contribution is 2.10. The van der Waals surface area contributed by atoms with E-state index in [4.69, 9.17) is 9.47 Å². The van der Waals surface area contributed by atoms with Crippen molar-refractivity contribution < 1.29 is 19.1 Å².